The van der Waals surface area contributed by atoms with E-state index in [4.69, 9.17) is 4.42 Å². The molecule has 1 aromatic heterocycles. The summed E-state index contributed by atoms with van der Waals surface area (Å²) in [7, 11) is 0. The number of furan rings is 1. The van der Waals surface area contributed by atoms with Gasteiger partial charge < -0.3 is 4.42 Å². The van der Waals surface area contributed by atoms with Crippen molar-refractivity contribution in [3.63, 3.8) is 0 Å². The van der Waals surface area contributed by atoms with Crippen molar-refractivity contribution in [2.45, 2.75) is 6.18 Å². The fourth-order valence-corrected chi connectivity index (χ4v) is 2.23. The molecule has 0 spiro atoms. The normalized spacial score (nSPS) is 11.7. The predicted octanol–water partition coefficient (Wildman–Crippen LogP) is 4.73. The first-order valence-electron chi connectivity index (χ1n) is 7.59. The number of nitrogens with zero attached hydrogens (tertiary/aromatic N) is 1. The van der Waals surface area contributed by atoms with Crippen LogP contribution in [0.2, 0.25) is 0 Å². The zero-order chi connectivity index (χ0) is 18.6. The molecule has 0 aliphatic heterocycles. The van der Waals surface area contributed by atoms with Gasteiger partial charge in [0.15, 0.2) is 0 Å². The third kappa shape index (κ3) is 4.18. The van der Waals surface area contributed by atoms with Crippen molar-refractivity contribution in [3.05, 3.63) is 83.6 Å². The van der Waals surface area contributed by atoms with E-state index >= 15 is 0 Å². The molecule has 0 radical (unpaired) electrons. The molecule has 2 aromatic carbocycles. The standard InChI is InChI=1S/C19H13F3N2O2/c20-19(21,22)15-8-4-7-14(11-15)17-10-9-16(26-17)12-23-24-18(25)13-5-2-1-3-6-13/h1-12H,(H,24,25)/b23-12-. The Morgan fingerprint density at radius 2 is 1.77 bits per heavy atom. The van der Waals surface area contributed by atoms with Gasteiger partial charge >= 0.3 is 6.18 Å². The molecule has 1 heterocycles. The van der Waals surface area contributed by atoms with E-state index in [0.717, 1.165) is 12.1 Å². The van der Waals surface area contributed by atoms with Gasteiger partial charge in [0.2, 0.25) is 0 Å². The third-order valence-corrected chi connectivity index (χ3v) is 3.50. The van der Waals surface area contributed by atoms with E-state index < -0.39 is 11.7 Å². The van der Waals surface area contributed by atoms with Crippen molar-refractivity contribution in [1.82, 2.24) is 5.43 Å². The second-order valence-electron chi connectivity index (χ2n) is 5.35. The quantitative estimate of drug-likeness (QED) is 0.541. The molecule has 0 fully saturated rings. The van der Waals surface area contributed by atoms with Gasteiger partial charge in [-0.1, -0.05) is 30.3 Å². The van der Waals surface area contributed by atoms with Crippen molar-refractivity contribution in [2.75, 3.05) is 0 Å². The maximum atomic E-state index is 12.8. The Labute approximate surface area is 147 Å². The SMILES string of the molecule is O=C(N/N=C\c1ccc(-c2cccc(C(F)(F)F)c2)o1)c1ccccc1. The lowest BCUT2D eigenvalue weighted by atomic mass is 10.1. The molecule has 0 saturated carbocycles. The van der Waals surface area contributed by atoms with Crippen LogP contribution in [0.3, 0.4) is 0 Å². The van der Waals surface area contributed by atoms with Crippen molar-refractivity contribution in [3.8, 4) is 11.3 Å². The van der Waals surface area contributed by atoms with E-state index in [1.54, 1.807) is 36.4 Å². The maximum Gasteiger partial charge on any atom is 0.416 e. The summed E-state index contributed by atoms with van der Waals surface area (Å²) in [4.78, 5) is 11.8. The smallest absolute Gasteiger partial charge is 0.416 e. The van der Waals surface area contributed by atoms with Crippen LogP contribution in [0.4, 0.5) is 13.2 Å². The minimum Gasteiger partial charge on any atom is -0.455 e. The molecule has 0 bridgehead atoms. The highest BCUT2D eigenvalue weighted by molar-refractivity contribution is 5.94. The van der Waals surface area contributed by atoms with E-state index in [9.17, 15) is 18.0 Å². The van der Waals surface area contributed by atoms with Gasteiger partial charge in [-0.25, -0.2) is 5.43 Å². The Balaban J connectivity index is 1.69. The number of hydrazone groups is 1. The number of halogens is 3. The minimum absolute atomic E-state index is 0.270. The second-order valence-corrected chi connectivity index (χ2v) is 5.35. The van der Waals surface area contributed by atoms with Crippen LogP contribution >= 0.6 is 0 Å². The average Bonchev–Trinajstić information content (AvgIpc) is 3.11. The first-order chi connectivity index (χ1) is 12.4. The molecular formula is C19H13F3N2O2. The number of amides is 1. The second kappa shape index (κ2) is 7.26. The molecule has 7 heteroatoms. The molecule has 4 nitrogen and oxygen atoms in total. The van der Waals surface area contributed by atoms with E-state index in [1.165, 1.54) is 24.4 Å². The number of rotatable bonds is 4. The Morgan fingerprint density at radius 3 is 2.50 bits per heavy atom. The van der Waals surface area contributed by atoms with Crippen LogP contribution < -0.4 is 5.43 Å². The summed E-state index contributed by atoms with van der Waals surface area (Å²) in [6.45, 7) is 0. The predicted molar refractivity (Wildman–Crippen MR) is 90.6 cm³/mol. The van der Waals surface area contributed by atoms with E-state index in [0.29, 0.717) is 16.9 Å². The Bertz CT molecular complexity index is 931. The van der Waals surface area contributed by atoms with E-state index in [-0.39, 0.29) is 11.7 Å². The monoisotopic (exact) mass is 358 g/mol. The molecule has 1 amide bonds. The summed E-state index contributed by atoms with van der Waals surface area (Å²) in [5, 5.41) is 3.78. The lowest BCUT2D eigenvalue weighted by molar-refractivity contribution is -0.137. The highest BCUT2D eigenvalue weighted by Crippen LogP contribution is 2.32. The van der Waals surface area contributed by atoms with Crippen LogP contribution in [0.15, 0.2) is 76.2 Å². The summed E-state index contributed by atoms with van der Waals surface area (Å²) < 4.78 is 43.8. The van der Waals surface area contributed by atoms with Crippen LogP contribution in [0.5, 0.6) is 0 Å². The van der Waals surface area contributed by atoms with Gasteiger partial charge in [0.05, 0.1) is 11.8 Å². The van der Waals surface area contributed by atoms with Gasteiger partial charge in [-0.2, -0.15) is 18.3 Å². The number of hydrogen-bond donors (Lipinski definition) is 1. The van der Waals surface area contributed by atoms with Crippen LogP contribution in [0, 0.1) is 0 Å². The maximum absolute atomic E-state index is 12.8. The first kappa shape index (κ1) is 17.5. The zero-order valence-corrected chi connectivity index (χ0v) is 13.3. The molecule has 3 rings (SSSR count). The first-order valence-corrected chi connectivity index (χ1v) is 7.59. The summed E-state index contributed by atoms with van der Waals surface area (Å²) in [5.41, 5.74) is 2.35. The Morgan fingerprint density at radius 1 is 1.00 bits per heavy atom. The number of carbonyl (C=O) groups is 1. The molecule has 0 aliphatic carbocycles. The summed E-state index contributed by atoms with van der Waals surface area (Å²) in [6.07, 6.45) is -3.15. The Hall–Kier alpha value is -3.35. The van der Waals surface area contributed by atoms with Crippen LogP contribution in [-0.4, -0.2) is 12.1 Å². The molecule has 0 atom stereocenters. The highest BCUT2D eigenvalue weighted by Gasteiger charge is 2.30. The molecule has 0 unspecified atom stereocenters. The molecule has 0 aliphatic rings. The van der Waals surface area contributed by atoms with Gasteiger partial charge in [-0.05, 0) is 36.4 Å². The molecule has 1 N–H and O–H groups in total. The van der Waals surface area contributed by atoms with Gasteiger partial charge in [-0.15, -0.1) is 0 Å². The van der Waals surface area contributed by atoms with Crippen LogP contribution in [0.1, 0.15) is 21.7 Å². The van der Waals surface area contributed by atoms with Crippen molar-refractivity contribution < 1.29 is 22.4 Å². The molecule has 26 heavy (non-hydrogen) atoms. The molecule has 132 valence electrons. The number of nitrogens with one attached hydrogen (secondary N) is 1. The summed E-state index contributed by atoms with van der Waals surface area (Å²) in [5.74, 6) is 0.184. The highest BCUT2D eigenvalue weighted by atomic mass is 19.4. The lowest BCUT2D eigenvalue weighted by Crippen LogP contribution is -2.17. The molecular weight excluding hydrogens is 345 g/mol. The number of carbonyl (C=O) groups excluding carboxylic acids is 1. The minimum atomic E-state index is -4.42. The average molecular weight is 358 g/mol. The van der Waals surface area contributed by atoms with Crippen LogP contribution in [0.25, 0.3) is 11.3 Å². The lowest BCUT2D eigenvalue weighted by Gasteiger charge is -2.07. The molecule has 3 aromatic rings. The Kier molecular flexibility index (Phi) is 4.88. The summed E-state index contributed by atoms with van der Waals surface area (Å²) in [6, 6.07) is 16.5. The van der Waals surface area contributed by atoms with Crippen LogP contribution in [-0.2, 0) is 6.18 Å². The van der Waals surface area contributed by atoms with E-state index in [2.05, 4.69) is 10.5 Å². The fourth-order valence-electron chi connectivity index (χ4n) is 2.23. The van der Waals surface area contributed by atoms with Crippen molar-refractivity contribution >= 4 is 12.1 Å². The third-order valence-electron chi connectivity index (χ3n) is 3.50. The topological polar surface area (TPSA) is 54.6 Å². The van der Waals surface area contributed by atoms with Crippen molar-refractivity contribution in [1.29, 1.82) is 0 Å². The van der Waals surface area contributed by atoms with Gasteiger partial charge in [0, 0.05) is 11.1 Å². The van der Waals surface area contributed by atoms with E-state index in [1.807, 2.05) is 0 Å². The largest absolute Gasteiger partial charge is 0.455 e. The van der Waals surface area contributed by atoms with Gasteiger partial charge in [0.25, 0.3) is 5.91 Å². The number of hydrogen-bond acceptors (Lipinski definition) is 3. The zero-order valence-electron chi connectivity index (χ0n) is 13.3. The van der Waals surface area contributed by atoms with Crippen molar-refractivity contribution in [2.24, 2.45) is 5.10 Å². The number of benzene rings is 2. The van der Waals surface area contributed by atoms with Gasteiger partial charge in [-0.3, -0.25) is 4.79 Å². The number of alkyl halides is 3. The fraction of sp³-hybridized carbons (Fsp3) is 0.0526. The molecule has 0 saturated heterocycles. The summed E-state index contributed by atoms with van der Waals surface area (Å²) >= 11 is 0. The van der Waals surface area contributed by atoms with Gasteiger partial charge in [0.1, 0.15) is 11.5 Å².